The molecular formula is C11H7NO3. The lowest BCUT2D eigenvalue weighted by atomic mass is 10.0. The highest BCUT2D eigenvalue weighted by molar-refractivity contribution is 5.97. The highest BCUT2D eigenvalue weighted by Gasteiger charge is 2.17. The molecule has 0 saturated carbocycles. The molecule has 0 fully saturated rings. The summed E-state index contributed by atoms with van der Waals surface area (Å²) in [5, 5.41) is 38.0. The van der Waals surface area contributed by atoms with E-state index in [4.69, 9.17) is 5.26 Å². The molecule has 4 nitrogen and oxygen atoms in total. The number of rotatable bonds is 0. The summed E-state index contributed by atoms with van der Waals surface area (Å²) >= 11 is 0. The molecule has 3 N–H and O–H groups in total. The van der Waals surface area contributed by atoms with Gasteiger partial charge in [-0.25, -0.2) is 0 Å². The van der Waals surface area contributed by atoms with Crippen molar-refractivity contribution in [1.29, 1.82) is 5.26 Å². The lowest BCUT2D eigenvalue weighted by Crippen LogP contribution is -1.83. The van der Waals surface area contributed by atoms with Crippen molar-refractivity contribution in [3.63, 3.8) is 0 Å². The Bertz CT molecular complexity index is 584. The molecule has 4 heteroatoms. The number of phenolic OH excluding ortho intramolecular Hbond substituents is 3. The maximum Gasteiger partial charge on any atom is 0.180 e. The van der Waals surface area contributed by atoms with Gasteiger partial charge in [-0.1, -0.05) is 24.3 Å². The Balaban J connectivity index is 3.04. The van der Waals surface area contributed by atoms with Gasteiger partial charge in [0, 0.05) is 10.8 Å². The molecule has 2 rings (SSSR count). The number of benzene rings is 2. The second kappa shape index (κ2) is 3.07. The van der Waals surface area contributed by atoms with Gasteiger partial charge in [-0.05, 0) is 0 Å². The first-order chi connectivity index (χ1) is 7.16. The van der Waals surface area contributed by atoms with Crippen molar-refractivity contribution in [3.8, 4) is 23.3 Å². The molecule has 74 valence electrons. The SMILES string of the molecule is N#Cc1c(O)c(O)c2ccccc2c1O. The molecule has 2 aromatic rings. The van der Waals surface area contributed by atoms with Gasteiger partial charge in [0.15, 0.2) is 11.5 Å². The van der Waals surface area contributed by atoms with Crippen molar-refractivity contribution in [1.82, 2.24) is 0 Å². The minimum Gasteiger partial charge on any atom is -0.506 e. The van der Waals surface area contributed by atoms with Crippen LogP contribution in [0.15, 0.2) is 24.3 Å². The molecule has 0 unspecified atom stereocenters. The molecule has 0 aliphatic carbocycles. The van der Waals surface area contributed by atoms with Gasteiger partial charge in [0.2, 0.25) is 0 Å². The minimum absolute atomic E-state index is 0.312. The number of nitrogens with zero attached hydrogens (tertiary/aromatic N) is 1. The molecule has 0 heterocycles. The maximum atomic E-state index is 9.66. The fraction of sp³-hybridized carbons (Fsp3) is 0. The number of aromatic hydroxyl groups is 3. The second-order valence-electron chi connectivity index (χ2n) is 3.08. The fourth-order valence-corrected chi connectivity index (χ4v) is 1.49. The standard InChI is InChI=1S/C11H7NO3/c12-5-8-9(13)6-3-1-2-4-7(6)10(14)11(8)15/h1-4,13-15H. The van der Waals surface area contributed by atoms with E-state index in [1.54, 1.807) is 30.3 Å². The molecule has 0 atom stereocenters. The number of hydrogen-bond donors (Lipinski definition) is 3. The van der Waals surface area contributed by atoms with E-state index in [2.05, 4.69) is 0 Å². The van der Waals surface area contributed by atoms with Gasteiger partial charge in [-0.15, -0.1) is 0 Å². The van der Waals surface area contributed by atoms with Crippen molar-refractivity contribution >= 4 is 10.8 Å². The zero-order valence-corrected chi connectivity index (χ0v) is 7.60. The van der Waals surface area contributed by atoms with Crippen LogP contribution in [0.5, 0.6) is 17.2 Å². The normalized spacial score (nSPS) is 10.1. The second-order valence-corrected chi connectivity index (χ2v) is 3.08. The third kappa shape index (κ3) is 1.14. The molecule has 0 bridgehead atoms. The van der Waals surface area contributed by atoms with Crippen LogP contribution in [0.25, 0.3) is 10.8 Å². The summed E-state index contributed by atoms with van der Waals surface area (Å²) in [6, 6.07) is 8.07. The van der Waals surface area contributed by atoms with Crippen LogP contribution in [0.4, 0.5) is 0 Å². The molecule has 0 aliphatic heterocycles. The summed E-state index contributed by atoms with van der Waals surface area (Å²) < 4.78 is 0. The van der Waals surface area contributed by atoms with E-state index in [-0.39, 0.29) is 17.1 Å². The van der Waals surface area contributed by atoms with Crippen LogP contribution in [-0.4, -0.2) is 15.3 Å². The highest BCUT2D eigenvalue weighted by atomic mass is 16.3. The zero-order chi connectivity index (χ0) is 11.0. The van der Waals surface area contributed by atoms with E-state index < -0.39 is 5.75 Å². The van der Waals surface area contributed by atoms with Gasteiger partial charge in [-0.3, -0.25) is 0 Å². The van der Waals surface area contributed by atoms with Gasteiger partial charge >= 0.3 is 0 Å². The van der Waals surface area contributed by atoms with E-state index in [1.807, 2.05) is 0 Å². The molecule has 0 aliphatic rings. The smallest absolute Gasteiger partial charge is 0.180 e. The van der Waals surface area contributed by atoms with Crippen molar-refractivity contribution in [2.75, 3.05) is 0 Å². The lowest BCUT2D eigenvalue weighted by molar-refractivity contribution is 0.400. The van der Waals surface area contributed by atoms with Crippen molar-refractivity contribution in [2.24, 2.45) is 0 Å². The monoisotopic (exact) mass is 201 g/mol. The topological polar surface area (TPSA) is 84.5 Å². The van der Waals surface area contributed by atoms with Gasteiger partial charge < -0.3 is 15.3 Å². The largest absolute Gasteiger partial charge is 0.506 e. The quantitative estimate of drug-likeness (QED) is 0.448. The summed E-state index contributed by atoms with van der Waals surface area (Å²) in [7, 11) is 0. The highest BCUT2D eigenvalue weighted by Crippen LogP contribution is 2.43. The van der Waals surface area contributed by atoms with Crippen LogP contribution in [0.1, 0.15) is 5.56 Å². The van der Waals surface area contributed by atoms with Gasteiger partial charge in [0.25, 0.3) is 0 Å². The summed E-state index contributed by atoms with van der Waals surface area (Å²) in [6.07, 6.45) is 0. The summed E-state index contributed by atoms with van der Waals surface area (Å²) in [5.41, 5.74) is -0.314. The zero-order valence-electron chi connectivity index (χ0n) is 7.60. The molecule has 2 aromatic carbocycles. The molecule has 0 aromatic heterocycles. The van der Waals surface area contributed by atoms with Crippen molar-refractivity contribution < 1.29 is 15.3 Å². The predicted molar refractivity (Wildman–Crippen MR) is 53.7 cm³/mol. The summed E-state index contributed by atoms with van der Waals surface area (Å²) in [5.74, 6) is -1.29. The third-order valence-electron chi connectivity index (χ3n) is 2.25. The van der Waals surface area contributed by atoms with E-state index >= 15 is 0 Å². The van der Waals surface area contributed by atoms with Crippen LogP contribution >= 0.6 is 0 Å². The van der Waals surface area contributed by atoms with E-state index in [9.17, 15) is 15.3 Å². The molecule has 15 heavy (non-hydrogen) atoms. The molecule has 0 amide bonds. The van der Waals surface area contributed by atoms with Crippen LogP contribution in [-0.2, 0) is 0 Å². The first kappa shape index (κ1) is 9.16. The van der Waals surface area contributed by atoms with Crippen LogP contribution < -0.4 is 0 Å². The van der Waals surface area contributed by atoms with Crippen LogP contribution in [0.3, 0.4) is 0 Å². The van der Waals surface area contributed by atoms with Crippen molar-refractivity contribution in [3.05, 3.63) is 29.8 Å². The number of hydrogen-bond acceptors (Lipinski definition) is 4. The van der Waals surface area contributed by atoms with Gasteiger partial charge in [0.1, 0.15) is 17.4 Å². The predicted octanol–water partition coefficient (Wildman–Crippen LogP) is 1.83. The molecule has 0 radical (unpaired) electrons. The van der Waals surface area contributed by atoms with E-state index in [1.165, 1.54) is 0 Å². The van der Waals surface area contributed by atoms with Gasteiger partial charge in [0.05, 0.1) is 0 Å². The Hall–Kier alpha value is -2.41. The number of phenols is 3. The molecular weight excluding hydrogens is 194 g/mol. The van der Waals surface area contributed by atoms with Crippen LogP contribution in [0, 0.1) is 11.3 Å². The van der Waals surface area contributed by atoms with E-state index in [0.717, 1.165) is 0 Å². The van der Waals surface area contributed by atoms with Crippen LogP contribution in [0.2, 0.25) is 0 Å². The lowest BCUT2D eigenvalue weighted by Gasteiger charge is -2.07. The first-order valence-corrected chi connectivity index (χ1v) is 4.22. The maximum absolute atomic E-state index is 9.66. The Morgan fingerprint density at radius 3 is 1.93 bits per heavy atom. The first-order valence-electron chi connectivity index (χ1n) is 4.22. The average Bonchev–Trinajstić information content (AvgIpc) is 2.27. The fourth-order valence-electron chi connectivity index (χ4n) is 1.49. The number of nitriles is 1. The average molecular weight is 201 g/mol. The Kier molecular flexibility index (Phi) is 1.87. The molecule has 0 saturated heterocycles. The Morgan fingerprint density at radius 1 is 0.867 bits per heavy atom. The third-order valence-corrected chi connectivity index (χ3v) is 2.25. The Labute approximate surface area is 85.3 Å². The Morgan fingerprint density at radius 2 is 1.40 bits per heavy atom. The van der Waals surface area contributed by atoms with Crippen molar-refractivity contribution in [2.45, 2.75) is 0 Å². The van der Waals surface area contributed by atoms with Gasteiger partial charge in [-0.2, -0.15) is 5.26 Å². The number of fused-ring (bicyclic) bond motifs is 1. The molecule has 0 spiro atoms. The minimum atomic E-state index is -0.589. The summed E-state index contributed by atoms with van der Waals surface area (Å²) in [4.78, 5) is 0. The van der Waals surface area contributed by atoms with E-state index in [0.29, 0.717) is 10.8 Å². The summed E-state index contributed by atoms with van der Waals surface area (Å²) in [6.45, 7) is 0.